The monoisotopic (exact) mass is 224 g/mol. The van der Waals surface area contributed by atoms with Gasteiger partial charge in [0.05, 0.1) is 13.2 Å². The molecule has 2 unspecified atom stereocenters. The van der Waals surface area contributed by atoms with Crippen LogP contribution in [-0.2, 0) is 6.42 Å². The van der Waals surface area contributed by atoms with Crippen molar-refractivity contribution in [3.8, 4) is 5.75 Å². The number of hydrogen-bond donors (Lipinski definition) is 1. The van der Waals surface area contributed by atoms with Crippen molar-refractivity contribution < 1.29 is 14.2 Å². The Labute approximate surface area is 95.1 Å². The van der Waals surface area contributed by atoms with E-state index in [1.54, 1.807) is 12.1 Å². The normalized spacial score (nSPS) is 24.7. The molecule has 0 heterocycles. The van der Waals surface area contributed by atoms with Gasteiger partial charge in [0.2, 0.25) is 0 Å². The minimum absolute atomic E-state index is 0.211. The van der Waals surface area contributed by atoms with Crippen LogP contribution in [0.15, 0.2) is 18.2 Å². The topological polar surface area (TPSA) is 29.5 Å². The highest BCUT2D eigenvalue weighted by Gasteiger charge is 2.26. The van der Waals surface area contributed by atoms with Crippen LogP contribution in [0.4, 0.5) is 4.39 Å². The van der Waals surface area contributed by atoms with Crippen LogP contribution in [0.3, 0.4) is 0 Å². The molecular weight excluding hydrogens is 207 g/mol. The predicted molar refractivity (Wildman–Crippen MR) is 60.0 cm³/mol. The molecule has 0 aromatic heterocycles. The lowest BCUT2D eigenvalue weighted by Gasteiger charge is -2.15. The van der Waals surface area contributed by atoms with Gasteiger partial charge in [0.1, 0.15) is 11.6 Å². The zero-order valence-corrected chi connectivity index (χ0v) is 9.45. The average molecular weight is 224 g/mol. The summed E-state index contributed by atoms with van der Waals surface area (Å²) >= 11 is 0. The van der Waals surface area contributed by atoms with Crippen LogP contribution in [0.2, 0.25) is 0 Å². The third-order valence-electron chi connectivity index (χ3n) is 3.36. The van der Waals surface area contributed by atoms with Crippen LogP contribution < -0.4 is 4.74 Å². The number of ether oxygens (including phenoxy) is 1. The summed E-state index contributed by atoms with van der Waals surface area (Å²) in [6.45, 7) is 0. The maximum Gasteiger partial charge on any atom is 0.130 e. The second-order valence-electron chi connectivity index (χ2n) is 4.42. The molecule has 1 aromatic carbocycles. The first-order chi connectivity index (χ1) is 7.70. The summed E-state index contributed by atoms with van der Waals surface area (Å²) in [6, 6.07) is 4.91. The van der Waals surface area contributed by atoms with E-state index < -0.39 is 0 Å². The van der Waals surface area contributed by atoms with Crippen LogP contribution in [0.5, 0.6) is 5.75 Å². The van der Waals surface area contributed by atoms with Gasteiger partial charge in [-0.05, 0) is 36.8 Å². The van der Waals surface area contributed by atoms with E-state index in [4.69, 9.17) is 4.74 Å². The summed E-state index contributed by atoms with van der Waals surface area (Å²) in [4.78, 5) is 0. The van der Waals surface area contributed by atoms with Crippen LogP contribution in [0.25, 0.3) is 0 Å². The first-order valence-electron chi connectivity index (χ1n) is 5.71. The molecule has 0 radical (unpaired) electrons. The van der Waals surface area contributed by atoms with E-state index in [1.807, 2.05) is 0 Å². The second kappa shape index (κ2) is 4.83. The standard InChI is InChI=1S/C13H17FO2/c1-16-11-6-5-9(12(14)8-11)7-10-3-2-4-13(10)15/h5-6,8,10,13,15H,2-4,7H2,1H3. The number of benzene rings is 1. The fourth-order valence-electron chi connectivity index (χ4n) is 2.36. The quantitative estimate of drug-likeness (QED) is 0.855. The van der Waals surface area contributed by atoms with Crippen LogP contribution >= 0.6 is 0 Å². The fourth-order valence-corrected chi connectivity index (χ4v) is 2.36. The maximum atomic E-state index is 13.7. The summed E-state index contributed by atoms with van der Waals surface area (Å²) in [6.07, 6.45) is 3.25. The molecule has 1 saturated carbocycles. The van der Waals surface area contributed by atoms with E-state index in [2.05, 4.69) is 0 Å². The molecule has 0 bridgehead atoms. The Morgan fingerprint density at radius 3 is 2.81 bits per heavy atom. The van der Waals surface area contributed by atoms with Gasteiger partial charge in [-0.3, -0.25) is 0 Å². The van der Waals surface area contributed by atoms with Gasteiger partial charge >= 0.3 is 0 Å². The molecular formula is C13H17FO2. The van der Waals surface area contributed by atoms with Gasteiger partial charge in [-0.15, -0.1) is 0 Å². The van der Waals surface area contributed by atoms with Crippen LogP contribution in [0, 0.1) is 11.7 Å². The molecule has 1 aromatic rings. The van der Waals surface area contributed by atoms with Gasteiger partial charge in [0.25, 0.3) is 0 Å². The van der Waals surface area contributed by atoms with Gasteiger partial charge in [0.15, 0.2) is 0 Å². The lowest BCUT2D eigenvalue weighted by molar-refractivity contribution is 0.132. The van der Waals surface area contributed by atoms with Crippen molar-refractivity contribution in [3.05, 3.63) is 29.6 Å². The number of hydrogen-bond acceptors (Lipinski definition) is 2. The second-order valence-corrected chi connectivity index (χ2v) is 4.42. The Kier molecular flexibility index (Phi) is 3.44. The van der Waals surface area contributed by atoms with Crippen LogP contribution in [-0.4, -0.2) is 18.3 Å². The smallest absolute Gasteiger partial charge is 0.130 e. The molecule has 2 atom stereocenters. The molecule has 2 nitrogen and oxygen atoms in total. The highest BCUT2D eigenvalue weighted by Crippen LogP contribution is 2.30. The molecule has 88 valence electrons. The van der Waals surface area contributed by atoms with Crippen molar-refractivity contribution in [2.24, 2.45) is 5.92 Å². The number of aliphatic hydroxyl groups excluding tert-OH is 1. The van der Waals surface area contributed by atoms with E-state index in [-0.39, 0.29) is 17.8 Å². The molecule has 0 saturated heterocycles. The summed E-state index contributed by atoms with van der Waals surface area (Å²) in [7, 11) is 1.52. The third kappa shape index (κ3) is 2.35. The van der Waals surface area contributed by atoms with Crippen molar-refractivity contribution in [1.82, 2.24) is 0 Å². The Morgan fingerprint density at radius 1 is 1.44 bits per heavy atom. The van der Waals surface area contributed by atoms with Crippen LogP contribution in [0.1, 0.15) is 24.8 Å². The Balaban J connectivity index is 2.09. The lowest BCUT2D eigenvalue weighted by Crippen LogP contribution is -2.16. The molecule has 1 aliphatic rings. The Hall–Kier alpha value is -1.09. The van der Waals surface area contributed by atoms with Gasteiger partial charge in [-0.1, -0.05) is 12.5 Å². The number of halogens is 1. The molecule has 2 rings (SSSR count). The zero-order chi connectivity index (χ0) is 11.5. The molecule has 16 heavy (non-hydrogen) atoms. The summed E-state index contributed by atoms with van der Waals surface area (Å²) in [5.41, 5.74) is 0.673. The van der Waals surface area contributed by atoms with E-state index in [9.17, 15) is 9.50 Å². The summed E-state index contributed by atoms with van der Waals surface area (Å²) in [5, 5.41) is 9.69. The SMILES string of the molecule is COc1ccc(CC2CCCC2O)c(F)c1. The molecule has 0 spiro atoms. The molecule has 0 aliphatic heterocycles. The first kappa shape index (κ1) is 11.4. The van der Waals surface area contributed by atoms with Gasteiger partial charge in [-0.2, -0.15) is 0 Å². The Bertz CT molecular complexity index is 365. The van der Waals surface area contributed by atoms with Crippen molar-refractivity contribution in [2.45, 2.75) is 31.8 Å². The number of rotatable bonds is 3. The molecule has 1 aliphatic carbocycles. The van der Waals surface area contributed by atoms with E-state index in [0.717, 1.165) is 19.3 Å². The summed E-state index contributed by atoms with van der Waals surface area (Å²) in [5.74, 6) is 0.509. The summed E-state index contributed by atoms with van der Waals surface area (Å²) < 4.78 is 18.6. The first-order valence-corrected chi connectivity index (χ1v) is 5.71. The maximum absolute atomic E-state index is 13.7. The van der Waals surface area contributed by atoms with Crippen molar-refractivity contribution in [3.63, 3.8) is 0 Å². The van der Waals surface area contributed by atoms with E-state index >= 15 is 0 Å². The number of aliphatic hydroxyl groups is 1. The lowest BCUT2D eigenvalue weighted by atomic mass is 9.96. The van der Waals surface area contributed by atoms with Gasteiger partial charge in [0, 0.05) is 6.07 Å². The molecule has 0 amide bonds. The van der Waals surface area contributed by atoms with Gasteiger partial charge < -0.3 is 9.84 Å². The number of methoxy groups -OCH3 is 1. The highest BCUT2D eigenvalue weighted by molar-refractivity contribution is 5.29. The predicted octanol–water partition coefficient (Wildman–Crippen LogP) is 2.54. The minimum atomic E-state index is -0.262. The Morgan fingerprint density at radius 2 is 2.25 bits per heavy atom. The van der Waals surface area contributed by atoms with Crippen molar-refractivity contribution in [2.75, 3.05) is 7.11 Å². The average Bonchev–Trinajstić information content (AvgIpc) is 2.67. The fraction of sp³-hybridized carbons (Fsp3) is 0.538. The van der Waals surface area contributed by atoms with Crippen molar-refractivity contribution in [1.29, 1.82) is 0 Å². The molecule has 1 N–H and O–H groups in total. The highest BCUT2D eigenvalue weighted by atomic mass is 19.1. The third-order valence-corrected chi connectivity index (χ3v) is 3.36. The van der Waals surface area contributed by atoms with E-state index in [1.165, 1.54) is 13.2 Å². The molecule has 1 fully saturated rings. The largest absolute Gasteiger partial charge is 0.497 e. The van der Waals surface area contributed by atoms with Gasteiger partial charge in [-0.25, -0.2) is 4.39 Å². The van der Waals surface area contributed by atoms with E-state index in [0.29, 0.717) is 17.7 Å². The van der Waals surface area contributed by atoms with Crippen molar-refractivity contribution >= 4 is 0 Å². The minimum Gasteiger partial charge on any atom is -0.497 e. The zero-order valence-electron chi connectivity index (χ0n) is 9.45. The molecule has 3 heteroatoms.